The molecule has 1 N–H and O–H groups in total. The fourth-order valence-corrected chi connectivity index (χ4v) is 4.37. The summed E-state index contributed by atoms with van der Waals surface area (Å²) in [6, 6.07) is 17.6. The average Bonchev–Trinajstić information content (AvgIpc) is 3.45. The van der Waals surface area contributed by atoms with Gasteiger partial charge >= 0.3 is 0 Å². The molecule has 0 aliphatic rings. The molecule has 0 fully saturated rings. The molecule has 0 radical (unpaired) electrons. The maximum atomic E-state index is 12.9. The van der Waals surface area contributed by atoms with Gasteiger partial charge in [0.05, 0.1) is 11.8 Å². The number of carbonyl (C=O) groups is 1. The van der Waals surface area contributed by atoms with Gasteiger partial charge in [0, 0.05) is 30.5 Å². The fraction of sp³-hybridized carbons (Fsp3) is 0.240. The monoisotopic (exact) mass is 446 g/mol. The van der Waals surface area contributed by atoms with Crippen LogP contribution in [0.15, 0.2) is 78.6 Å². The highest BCUT2D eigenvalue weighted by molar-refractivity contribution is 7.14. The number of hydrogen-bond donors (Lipinski definition) is 1. The van der Waals surface area contributed by atoms with Crippen molar-refractivity contribution in [1.29, 1.82) is 0 Å². The van der Waals surface area contributed by atoms with Crippen molar-refractivity contribution in [3.8, 4) is 0 Å². The van der Waals surface area contributed by atoms with Gasteiger partial charge in [0.1, 0.15) is 11.3 Å². The number of nitrogens with zero attached hydrogens (tertiary/aromatic N) is 3. The summed E-state index contributed by atoms with van der Waals surface area (Å²) >= 11 is 1.39. The van der Waals surface area contributed by atoms with E-state index in [1.807, 2.05) is 73.3 Å². The summed E-state index contributed by atoms with van der Waals surface area (Å²) in [5.41, 5.74) is 2.95. The van der Waals surface area contributed by atoms with E-state index >= 15 is 0 Å². The summed E-state index contributed by atoms with van der Waals surface area (Å²) in [7, 11) is 0. The van der Waals surface area contributed by atoms with Gasteiger partial charge in [0.2, 0.25) is 0 Å². The van der Waals surface area contributed by atoms with Gasteiger partial charge in [0.15, 0.2) is 5.13 Å². The van der Waals surface area contributed by atoms with Crippen molar-refractivity contribution in [2.24, 2.45) is 0 Å². The molecule has 164 valence electrons. The number of ether oxygens (including phenoxy) is 1. The van der Waals surface area contributed by atoms with Crippen molar-refractivity contribution in [2.75, 3.05) is 5.32 Å². The Labute approximate surface area is 191 Å². The molecular weight excluding hydrogens is 420 g/mol. The molecular formula is C25H26N4O2S. The molecule has 32 heavy (non-hydrogen) atoms. The number of nitrogens with one attached hydrogen (secondary N) is 1. The highest BCUT2D eigenvalue weighted by Gasteiger charge is 2.28. The second-order valence-corrected chi connectivity index (χ2v) is 8.91. The Morgan fingerprint density at radius 2 is 1.88 bits per heavy atom. The quantitative estimate of drug-likeness (QED) is 0.380. The topological polar surface area (TPSA) is 69.0 Å². The first-order chi connectivity index (χ1) is 15.4. The molecule has 1 amide bonds. The normalized spacial score (nSPS) is 12.5. The number of hydrogen-bond acceptors (Lipinski definition) is 5. The van der Waals surface area contributed by atoms with Crippen molar-refractivity contribution in [3.63, 3.8) is 0 Å². The predicted octanol–water partition coefficient (Wildman–Crippen LogP) is 5.65. The summed E-state index contributed by atoms with van der Waals surface area (Å²) in [6.45, 7) is 6.61. The SMILES string of the molecule is C[C@@H](OC(C)(C)c1csc(NC(=O)c2cccn2Cc2ccncc2)n1)c1ccccc1. The van der Waals surface area contributed by atoms with Crippen molar-refractivity contribution < 1.29 is 9.53 Å². The van der Waals surface area contributed by atoms with Crippen LogP contribution in [0, 0.1) is 0 Å². The van der Waals surface area contributed by atoms with E-state index < -0.39 is 5.60 Å². The van der Waals surface area contributed by atoms with Gasteiger partial charge in [-0.2, -0.15) is 0 Å². The third-order valence-electron chi connectivity index (χ3n) is 5.25. The maximum Gasteiger partial charge on any atom is 0.274 e. The van der Waals surface area contributed by atoms with Crippen LogP contribution in [-0.2, 0) is 16.9 Å². The van der Waals surface area contributed by atoms with Crippen LogP contribution in [0.25, 0.3) is 0 Å². The molecule has 1 aromatic carbocycles. The van der Waals surface area contributed by atoms with Crippen LogP contribution >= 0.6 is 11.3 Å². The molecule has 1 atom stereocenters. The highest BCUT2D eigenvalue weighted by atomic mass is 32.1. The van der Waals surface area contributed by atoms with Gasteiger partial charge in [-0.15, -0.1) is 11.3 Å². The Kier molecular flexibility index (Phi) is 6.48. The Hall–Kier alpha value is -3.29. The minimum Gasteiger partial charge on any atom is -0.362 e. The molecule has 0 saturated heterocycles. The molecule has 0 aliphatic heterocycles. The van der Waals surface area contributed by atoms with E-state index in [9.17, 15) is 4.79 Å². The van der Waals surface area contributed by atoms with Crippen LogP contribution in [0.2, 0.25) is 0 Å². The highest BCUT2D eigenvalue weighted by Crippen LogP contribution is 2.33. The standard InChI is InChI=1S/C25H26N4O2S/c1-18(20-8-5-4-6-9-20)31-25(2,3)22-17-32-24(27-22)28-23(30)21-10-7-15-29(21)16-19-11-13-26-14-12-19/h4-15,17-18H,16H2,1-3H3,(H,27,28,30)/t18-/m1/s1. The van der Waals surface area contributed by atoms with Crippen LogP contribution in [0.4, 0.5) is 5.13 Å². The molecule has 4 aromatic rings. The van der Waals surface area contributed by atoms with Crippen molar-refractivity contribution in [1.82, 2.24) is 14.5 Å². The molecule has 0 saturated carbocycles. The molecule has 6 nitrogen and oxygen atoms in total. The van der Waals surface area contributed by atoms with Gasteiger partial charge in [0.25, 0.3) is 5.91 Å². The van der Waals surface area contributed by atoms with Crippen LogP contribution in [-0.4, -0.2) is 20.4 Å². The van der Waals surface area contributed by atoms with Gasteiger partial charge in [-0.3, -0.25) is 15.1 Å². The zero-order valence-electron chi connectivity index (χ0n) is 18.4. The lowest BCUT2D eigenvalue weighted by molar-refractivity contribution is -0.0724. The van der Waals surface area contributed by atoms with Crippen molar-refractivity contribution >= 4 is 22.4 Å². The number of thiazole rings is 1. The molecule has 0 bridgehead atoms. The van der Waals surface area contributed by atoms with E-state index in [-0.39, 0.29) is 12.0 Å². The molecule has 3 heterocycles. The Morgan fingerprint density at radius 3 is 2.62 bits per heavy atom. The average molecular weight is 447 g/mol. The number of benzene rings is 1. The Morgan fingerprint density at radius 1 is 1.12 bits per heavy atom. The van der Waals surface area contributed by atoms with E-state index in [4.69, 9.17) is 4.74 Å². The van der Waals surface area contributed by atoms with Gasteiger partial charge in [-0.1, -0.05) is 30.3 Å². The third kappa shape index (κ3) is 5.12. The first kappa shape index (κ1) is 21.9. The van der Waals surface area contributed by atoms with E-state index in [1.54, 1.807) is 18.5 Å². The Balaban J connectivity index is 1.43. The fourth-order valence-electron chi connectivity index (χ4n) is 3.51. The number of carbonyl (C=O) groups excluding carboxylic acids is 1. The maximum absolute atomic E-state index is 12.9. The zero-order chi connectivity index (χ0) is 22.6. The van der Waals surface area contributed by atoms with E-state index in [2.05, 4.69) is 27.4 Å². The van der Waals surface area contributed by atoms with E-state index in [0.717, 1.165) is 16.8 Å². The first-order valence-corrected chi connectivity index (χ1v) is 11.3. The number of amides is 1. The van der Waals surface area contributed by atoms with Gasteiger partial charge in [-0.05, 0) is 56.2 Å². The summed E-state index contributed by atoms with van der Waals surface area (Å²) < 4.78 is 8.22. The number of rotatable bonds is 8. The molecule has 7 heteroatoms. The zero-order valence-corrected chi connectivity index (χ0v) is 19.2. The van der Waals surface area contributed by atoms with Crippen molar-refractivity contribution in [2.45, 2.75) is 39.0 Å². The van der Waals surface area contributed by atoms with Crippen LogP contribution in [0.3, 0.4) is 0 Å². The van der Waals surface area contributed by atoms with E-state index in [1.165, 1.54) is 11.3 Å². The van der Waals surface area contributed by atoms with Crippen molar-refractivity contribution in [3.05, 3.63) is 101 Å². The number of anilines is 1. The second kappa shape index (κ2) is 9.46. The predicted molar refractivity (Wildman–Crippen MR) is 127 cm³/mol. The smallest absolute Gasteiger partial charge is 0.274 e. The van der Waals surface area contributed by atoms with E-state index in [0.29, 0.717) is 17.4 Å². The second-order valence-electron chi connectivity index (χ2n) is 8.05. The Bertz CT molecular complexity index is 1170. The molecule has 4 rings (SSSR count). The first-order valence-electron chi connectivity index (χ1n) is 10.5. The lowest BCUT2D eigenvalue weighted by Crippen LogP contribution is -2.24. The minimum absolute atomic E-state index is 0.0811. The molecule has 0 unspecified atom stereocenters. The summed E-state index contributed by atoms with van der Waals surface area (Å²) in [5, 5.41) is 5.41. The van der Waals surface area contributed by atoms with Crippen LogP contribution in [0.5, 0.6) is 0 Å². The molecule has 0 aliphatic carbocycles. The third-order valence-corrected chi connectivity index (χ3v) is 6.00. The van der Waals surface area contributed by atoms with Crippen LogP contribution in [0.1, 0.15) is 54.2 Å². The summed E-state index contributed by atoms with van der Waals surface area (Å²) in [6.07, 6.45) is 5.31. The summed E-state index contributed by atoms with van der Waals surface area (Å²) in [5.74, 6) is -0.193. The van der Waals surface area contributed by atoms with Gasteiger partial charge < -0.3 is 9.30 Å². The van der Waals surface area contributed by atoms with Gasteiger partial charge in [-0.25, -0.2) is 4.98 Å². The molecule has 0 spiro atoms. The number of aromatic nitrogens is 3. The summed E-state index contributed by atoms with van der Waals surface area (Å²) in [4.78, 5) is 21.6. The molecule has 3 aromatic heterocycles. The van der Waals surface area contributed by atoms with Crippen LogP contribution < -0.4 is 5.32 Å². The number of pyridine rings is 1. The lowest BCUT2D eigenvalue weighted by Gasteiger charge is -2.28. The minimum atomic E-state index is -0.601. The lowest BCUT2D eigenvalue weighted by atomic mass is 10.0. The largest absolute Gasteiger partial charge is 0.362 e.